The molecule has 1 aliphatic carbocycles. The minimum atomic E-state index is -2.17. The summed E-state index contributed by atoms with van der Waals surface area (Å²) in [5.41, 5.74) is 29.6. The summed E-state index contributed by atoms with van der Waals surface area (Å²) in [5.74, 6) is -1.20. The van der Waals surface area contributed by atoms with Crippen LogP contribution in [0.3, 0.4) is 0 Å². The van der Waals surface area contributed by atoms with Crippen LogP contribution in [-0.4, -0.2) is 209 Å². The minimum Gasteiger partial charge on any atom is -0.395 e. The van der Waals surface area contributed by atoms with Crippen molar-refractivity contribution in [1.29, 1.82) is 0 Å². The minimum absolute atomic E-state index is 0.0258. The molecule has 3 saturated heterocycles. The fourth-order valence-corrected chi connectivity index (χ4v) is 6.69. The molecule has 0 aromatic heterocycles. The Kier molecular flexibility index (Phi) is 16.2. The standard InChI is InChI=1S/C29H56FN7O15/c30-9(5-31)18(41)26(46)37-12-3-10(33)23(50-27-11(34)4-13(40)15(48-27)7-36-1-2-38)25(19(12)42)52-29-22(45)24(16(8-39)49-29)51-28-17(35)21(44)20(43)14(6-32)47-28/h9-25,27-29,36,38-45H,1-8,31-35H2,(H,37,46)/t9-,10-,11+,12+,13-,14-,15+,16+,17+,18?,19-,20+,21+,22+,23+,24+,25+,27+,28+,29-/m0/s1. The van der Waals surface area contributed by atoms with E-state index in [1.807, 2.05) is 0 Å². The molecule has 3 heterocycles. The number of hydrogen-bond donors (Lipinski definition) is 15. The molecule has 52 heavy (non-hydrogen) atoms. The fourth-order valence-electron chi connectivity index (χ4n) is 6.69. The van der Waals surface area contributed by atoms with Gasteiger partial charge in [0.15, 0.2) is 25.0 Å². The highest BCUT2D eigenvalue weighted by Crippen LogP contribution is 2.34. The van der Waals surface area contributed by atoms with Crippen LogP contribution in [0.15, 0.2) is 0 Å². The van der Waals surface area contributed by atoms with Gasteiger partial charge in [-0.25, -0.2) is 4.39 Å². The number of rotatable bonds is 16. The summed E-state index contributed by atoms with van der Waals surface area (Å²) in [6.45, 7) is -1.45. The van der Waals surface area contributed by atoms with E-state index in [4.69, 9.17) is 62.2 Å². The first-order chi connectivity index (χ1) is 24.7. The molecule has 20 N–H and O–H groups in total. The van der Waals surface area contributed by atoms with E-state index >= 15 is 0 Å². The molecule has 4 rings (SSSR count). The molecule has 0 aromatic rings. The van der Waals surface area contributed by atoms with Gasteiger partial charge in [0.05, 0.1) is 43.5 Å². The van der Waals surface area contributed by atoms with Gasteiger partial charge in [0.1, 0.15) is 61.1 Å². The second kappa shape index (κ2) is 19.5. The Bertz CT molecular complexity index is 1110. The molecule has 0 radical (unpaired) electrons. The second-order valence-corrected chi connectivity index (χ2v) is 13.5. The van der Waals surface area contributed by atoms with E-state index in [0.717, 1.165) is 0 Å². The summed E-state index contributed by atoms with van der Waals surface area (Å²) in [4.78, 5) is 12.7. The molecular formula is C29H56FN7O15. The molecule has 304 valence electrons. The van der Waals surface area contributed by atoms with E-state index in [2.05, 4.69) is 10.6 Å². The Morgan fingerprint density at radius 3 is 2.06 bits per heavy atom. The second-order valence-electron chi connectivity index (χ2n) is 13.5. The summed E-state index contributed by atoms with van der Waals surface area (Å²) in [6, 6.07) is -4.59. The SMILES string of the molecule is NC[C@@H]1O[C@H](O[C@H]2[C@@H](O)[C@H](O[C@@H]3[C@@H](O)[C@H](NC(=O)C(O)[C@@H](F)CN)C[C@H](N)[C@H]3O[C@H]3O[C@H](CNCCO)[C@@H](O)C[C@H]3N)O[C@@H]2CO)[C@H](N)[C@@H](O)[C@@H]1O. The van der Waals surface area contributed by atoms with E-state index in [1.54, 1.807) is 0 Å². The van der Waals surface area contributed by atoms with Gasteiger partial charge in [0.25, 0.3) is 5.91 Å². The maximum absolute atomic E-state index is 14.0. The van der Waals surface area contributed by atoms with Crippen molar-refractivity contribution in [2.24, 2.45) is 28.7 Å². The largest absolute Gasteiger partial charge is 0.395 e. The van der Waals surface area contributed by atoms with Crippen molar-refractivity contribution >= 4 is 5.91 Å². The molecule has 23 heteroatoms. The van der Waals surface area contributed by atoms with Crippen LogP contribution >= 0.6 is 0 Å². The number of aliphatic hydroxyl groups is 8. The normalized spacial score (nSPS) is 45.4. The van der Waals surface area contributed by atoms with Crippen molar-refractivity contribution in [2.75, 3.05) is 39.4 Å². The van der Waals surface area contributed by atoms with Crippen LogP contribution in [0.4, 0.5) is 4.39 Å². The van der Waals surface area contributed by atoms with Crippen molar-refractivity contribution < 1.29 is 78.5 Å². The van der Waals surface area contributed by atoms with Gasteiger partial charge in [-0.3, -0.25) is 4.79 Å². The predicted molar refractivity (Wildman–Crippen MR) is 172 cm³/mol. The van der Waals surface area contributed by atoms with Crippen LogP contribution < -0.4 is 39.3 Å². The number of carbonyl (C=O) groups excluding carboxylic acids is 1. The number of carbonyl (C=O) groups is 1. The van der Waals surface area contributed by atoms with Gasteiger partial charge in [-0.1, -0.05) is 0 Å². The number of hydrogen-bond acceptors (Lipinski definition) is 21. The number of halogens is 1. The maximum Gasteiger partial charge on any atom is 0.252 e. The molecule has 0 bridgehead atoms. The highest BCUT2D eigenvalue weighted by Gasteiger charge is 2.54. The average molecular weight is 762 g/mol. The lowest BCUT2D eigenvalue weighted by atomic mass is 9.83. The molecular weight excluding hydrogens is 705 g/mol. The molecule has 20 atom stereocenters. The lowest BCUT2D eigenvalue weighted by molar-refractivity contribution is -0.296. The summed E-state index contributed by atoms with van der Waals surface area (Å²) >= 11 is 0. The van der Waals surface area contributed by atoms with Gasteiger partial charge in [-0.15, -0.1) is 0 Å². The van der Waals surface area contributed by atoms with Crippen LogP contribution in [0.1, 0.15) is 12.8 Å². The number of alkyl halides is 1. The van der Waals surface area contributed by atoms with Crippen LogP contribution in [0.5, 0.6) is 0 Å². The van der Waals surface area contributed by atoms with Crippen molar-refractivity contribution in [3.63, 3.8) is 0 Å². The first-order valence-electron chi connectivity index (χ1n) is 17.2. The van der Waals surface area contributed by atoms with Crippen molar-refractivity contribution in [2.45, 2.75) is 135 Å². The van der Waals surface area contributed by atoms with Crippen LogP contribution in [-0.2, 0) is 33.2 Å². The molecule has 0 spiro atoms. The van der Waals surface area contributed by atoms with Crippen molar-refractivity contribution in [3.8, 4) is 0 Å². The number of aliphatic hydroxyl groups excluding tert-OH is 8. The smallest absolute Gasteiger partial charge is 0.252 e. The van der Waals surface area contributed by atoms with Crippen LogP contribution in [0.2, 0.25) is 0 Å². The highest BCUT2D eigenvalue weighted by molar-refractivity contribution is 5.81. The van der Waals surface area contributed by atoms with Crippen LogP contribution in [0, 0.1) is 0 Å². The van der Waals surface area contributed by atoms with Gasteiger partial charge in [0.2, 0.25) is 0 Å². The van der Waals surface area contributed by atoms with Gasteiger partial charge < -0.3 is 109 Å². The monoisotopic (exact) mass is 761 g/mol. The summed E-state index contributed by atoms with van der Waals surface area (Å²) in [7, 11) is 0. The molecule has 0 aromatic carbocycles. The highest BCUT2D eigenvalue weighted by atomic mass is 19.1. The van der Waals surface area contributed by atoms with Crippen molar-refractivity contribution in [3.05, 3.63) is 0 Å². The summed E-state index contributed by atoms with van der Waals surface area (Å²) in [5, 5.41) is 88.6. The zero-order valence-corrected chi connectivity index (χ0v) is 28.4. The number of nitrogens with two attached hydrogens (primary N) is 5. The predicted octanol–water partition coefficient (Wildman–Crippen LogP) is -9.43. The summed E-state index contributed by atoms with van der Waals surface area (Å²) < 4.78 is 49.4. The molecule has 1 unspecified atom stereocenters. The van der Waals surface area contributed by atoms with Crippen molar-refractivity contribution in [1.82, 2.24) is 10.6 Å². The third-order valence-corrected chi connectivity index (χ3v) is 9.75. The van der Waals surface area contributed by atoms with Gasteiger partial charge in [0, 0.05) is 32.2 Å². The molecule has 4 fully saturated rings. The van der Waals surface area contributed by atoms with E-state index in [9.17, 15) is 44.9 Å². The molecule has 22 nitrogen and oxygen atoms in total. The topological polar surface area (TPSA) is 388 Å². The number of ether oxygens (including phenoxy) is 6. The lowest BCUT2D eigenvalue weighted by Crippen LogP contribution is -2.67. The van der Waals surface area contributed by atoms with E-state index in [1.165, 1.54) is 0 Å². The number of nitrogens with one attached hydrogen (secondary N) is 2. The third kappa shape index (κ3) is 9.87. The Balaban J connectivity index is 1.56. The molecule has 4 aliphatic rings. The van der Waals surface area contributed by atoms with E-state index in [-0.39, 0.29) is 39.1 Å². The molecule has 1 saturated carbocycles. The quantitative estimate of drug-likeness (QED) is 0.0649. The first kappa shape index (κ1) is 43.3. The average Bonchev–Trinajstić information content (AvgIpc) is 3.42. The maximum atomic E-state index is 14.0. The fraction of sp³-hybridized carbons (Fsp3) is 0.966. The third-order valence-electron chi connectivity index (χ3n) is 9.75. The number of amides is 1. The van der Waals surface area contributed by atoms with Gasteiger partial charge >= 0.3 is 0 Å². The Morgan fingerprint density at radius 2 is 1.42 bits per heavy atom. The zero-order valence-electron chi connectivity index (χ0n) is 28.4. The lowest BCUT2D eigenvalue weighted by Gasteiger charge is -2.47. The Morgan fingerprint density at radius 1 is 0.788 bits per heavy atom. The van der Waals surface area contributed by atoms with Crippen LogP contribution in [0.25, 0.3) is 0 Å². The van der Waals surface area contributed by atoms with Gasteiger partial charge in [-0.05, 0) is 12.8 Å². The Labute approximate surface area is 298 Å². The Hall–Kier alpha value is -1.40. The molecule has 1 amide bonds. The van der Waals surface area contributed by atoms with E-state index in [0.29, 0.717) is 0 Å². The van der Waals surface area contributed by atoms with E-state index < -0.39 is 142 Å². The summed E-state index contributed by atoms with van der Waals surface area (Å²) in [6.07, 6.45) is -23.8. The first-order valence-corrected chi connectivity index (χ1v) is 17.2. The zero-order chi connectivity index (χ0) is 38.4. The van der Waals surface area contributed by atoms with Gasteiger partial charge in [-0.2, -0.15) is 0 Å². The molecule has 3 aliphatic heterocycles.